The van der Waals surface area contributed by atoms with Gasteiger partial charge in [0.2, 0.25) is 0 Å². The summed E-state index contributed by atoms with van der Waals surface area (Å²) in [6.07, 6.45) is 6.07. The van der Waals surface area contributed by atoms with Gasteiger partial charge in [-0.05, 0) is 79.1 Å². The number of aryl methyl sites for hydroxylation is 1. The second-order valence-electron chi connectivity index (χ2n) is 8.39. The number of likely N-dealkylation sites (tertiary alicyclic amines) is 1. The molecule has 0 bridgehead atoms. The van der Waals surface area contributed by atoms with Crippen LogP contribution < -0.4 is 4.74 Å². The molecule has 6 heteroatoms. The van der Waals surface area contributed by atoms with Crippen LogP contribution in [0.1, 0.15) is 52.7 Å². The number of benzene rings is 2. The fraction of sp³-hybridized carbons (Fsp3) is 0.423. The van der Waals surface area contributed by atoms with E-state index in [1.807, 2.05) is 12.1 Å². The second-order valence-corrected chi connectivity index (χ2v) is 8.39. The third-order valence-electron chi connectivity index (χ3n) is 6.18. The Morgan fingerprint density at radius 1 is 1.19 bits per heavy atom. The first-order valence-corrected chi connectivity index (χ1v) is 11.3. The number of alkyl halides is 1. The molecule has 1 heterocycles. The van der Waals surface area contributed by atoms with Crippen molar-refractivity contribution in [3.63, 3.8) is 0 Å². The number of esters is 1. The van der Waals surface area contributed by atoms with E-state index in [9.17, 15) is 13.6 Å². The maximum Gasteiger partial charge on any atom is 0.337 e. The number of hydrogen-bond donors (Lipinski definition) is 0. The summed E-state index contributed by atoms with van der Waals surface area (Å²) < 4.78 is 38.4. The topological polar surface area (TPSA) is 38.8 Å². The number of carbonyl (C=O) groups excluding carboxylic acids is 1. The minimum absolute atomic E-state index is 0.0194. The van der Waals surface area contributed by atoms with Gasteiger partial charge in [-0.15, -0.1) is 0 Å². The smallest absolute Gasteiger partial charge is 0.337 e. The van der Waals surface area contributed by atoms with Gasteiger partial charge in [-0.3, -0.25) is 9.29 Å². The van der Waals surface area contributed by atoms with Crippen molar-refractivity contribution < 1.29 is 23.0 Å². The lowest BCUT2D eigenvalue weighted by Gasteiger charge is -2.18. The first kappa shape index (κ1) is 22.5. The van der Waals surface area contributed by atoms with E-state index in [0.717, 1.165) is 62.0 Å². The van der Waals surface area contributed by atoms with Gasteiger partial charge in [0.1, 0.15) is 17.7 Å². The number of allylic oxidation sites excluding steroid dienone is 1. The van der Waals surface area contributed by atoms with Crippen molar-refractivity contribution >= 4 is 11.5 Å². The highest BCUT2D eigenvalue weighted by Gasteiger charge is 2.24. The van der Waals surface area contributed by atoms with Crippen molar-refractivity contribution in [1.82, 2.24) is 4.90 Å². The molecule has 0 radical (unpaired) electrons. The molecule has 170 valence electrons. The number of halogens is 2. The highest BCUT2D eigenvalue weighted by Crippen LogP contribution is 2.35. The number of rotatable bonds is 7. The van der Waals surface area contributed by atoms with Gasteiger partial charge in [0.15, 0.2) is 0 Å². The summed E-state index contributed by atoms with van der Waals surface area (Å²) >= 11 is 0. The SMILES string of the molecule is COC(=O)c1ccc2c(c1)CCCC=C2c1cc(O[C@@H]2CCN(CCCF)C2)ccc1F. The minimum atomic E-state index is -0.374. The molecule has 4 rings (SSSR count). The third-order valence-corrected chi connectivity index (χ3v) is 6.18. The van der Waals surface area contributed by atoms with Crippen LogP contribution in [0.5, 0.6) is 5.75 Å². The molecule has 32 heavy (non-hydrogen) atoms. The molecular weight excluding hydrogens is 412 g/mol. The molecule has 2 aliphatic rings. The second kappa shape index (κ2) is 10.3. The summed E-state index contributed by atoms with van der Waals surface area (Å²) in [6, 6.07) is 10.4. The number of nitrogens with zero attached hydrogens (tertiary/aromatic N) is 1. The number of fused-ring (bicyclic) bond motifs is 1. The van der Waals surface area contributed by atoms with Crippen LogP contribution in [0.15, 0.2) is 42.5 Å². The van der Waals surface area contributed by atoms with E-state index in [4.69, 9.17) is 9.47 Å². The van der Waals surface area contributed by atoms with E-state index in [2.05, 4.69) is 11.0 Å². The Morgan fingerprint density at radius 2 is 2.06 bits per heavy atom. The molecule has 1 atom stereocenters. The Labute approximate surface area is 187 Å². The molecule has 4 nitrogen and oxygen atoms in total. The number of ether oxygens (including phenoxy) is 2. The van der Waals surface area contributed by atoms with Gasteiger partial charge in [-0.1, -0.05) is 12.1 Å². The van der Waals surface area contributed by atoms with Gasteiger partial charge in [0.05, 0.1) is 19.3 Å². The summed E-state index contributed by atoms with van der Waals surface area (Å²) in [5, 5.41) is 0. The lowest BCUT2D eigenvalue weighted by Crippen LogP contribution is -2.26. The summed E-state index contributed by atoms with van der Waals surface area (Å²) in [5.74, 6) is -0.0395. The molecule has 0 spiro atoms. The van der Waals surface area contributed by atoms with Crippen molar-refractivity contribution in [2.24, 2.45) is 0 Å². The molecule has 0 N–H and O–H groups in total. The number of methoxy groups -OCH3 is 1. The van der Waals surface area contributed by atoms with Gasteiger partial charge in [-0.25, -0.2) is 9.18 Å². The van der Waals surface area contributed by atoms with Gasteiger partial charge in [-0.2, -0.15) is 0 Å². The molecule has 0 saturated carbocycles. The molecule has 1 aliphatic heterocycles. The average molecular weight is 442 g/mol. The summed E-state index contributed by atoms with van der Waals surface area (Å²) in [5.41, 5.74) is 3.78. The first-order valence-electron chi connectivity index (χ1n) is 11.3. The quantitative estimate of drug-likeness (QED) is 0.554. The summed E-state index contributed by atoms with van der Waals surface area (Å²) in [6.45, 7) is 2.08. The van der Waals surface area contributed by atoms with Crippen LogP contribution >= 0.6 is 0 Å². The lowest BCUT2D eigenvalue weighted by molar-refractivity contribution is 0.0600. The van der Waals surface area contributed by atoms with Crippen LogP contribution in [0.25, 0.3) is 5.57 Å². The molecule has 1 fully saturated rings. The molecular formula is C26H29F2NO3. The standard InChI is InChI=1S/C26H29F2NO3/c1-31-26(30)19-7-9-22-18(15-19)5-2-3-6-23(22)24-16-20(8-10-25(24)28)32-21-11-14-29(17-21)13-4-12-27/h6-10,15-16,21H,2-5,11-14,17H2,1H3/t21-/m1/s1. The molecule has 2 aromatic rings. The number of hydrogen-bond acceptors (Lipinski definition) is 4. The largest absolute Gasteiger partial charge is 0.489 e. The van der Waals surface area contributed by atoms with Crippen molar-refractivity contribution in [2.75, 3.05) is 33.4 Å². The molecule has 2 aromatic carbocycles. The van der Waals surface area contributed by atoms with E-state index in [0.29, 0.717) is 23.3 Å². The van der Waals surface area contributed by atoms with Crippen LogP contribution in [-0.4, -0.2) is 50.4 Å². The van der Waals surface area contributed by atoms with Crippen LogP contribution in [0, 0.1) is 5.82 Å². The third kappa shape index (κ3) is 5.01. The van der Waals surface area contributed by atoms with Crippen LogP contribution in [-0.2, 0) is 11.2 Å². The first-order chi connectivity index (χ1) is 15.6. The van der Waals surface area contributed by atoms with Gasteiger partial charge >= 0.3 is 5.97 Å². The Kier molecular flexibility index (Phi) is 7.20. The van der Waals surface area contributed by atoms with Crippen LogP contribution in [0.2, 0.25) is 0 Å². The van der Waals surface area contributed by atoms with Crippen LogP contribution in [0.3, 0.4) is 0 Å². The molecule has 0 amide bonds. The Bertz CT molecular complexity index is 1000. The Morgan fingerprint density at radius 3 is 2.88 bits per heavy atom. The maximum atomic E-state index is 14.9. The van der Waals surface area contributed by atoms with Crippen molar-refractivity contribution in [3.05, 3.63) is 70.5 Å². The normalized spacial score (nSPS) is 18.6. The summed E-state index contributed by atoms with van der Waals surface area (Å²) in [4.78, 5) is 14.2. The van der Waals surface area contributed by atoms with E-state index in [1.165, 1.54) is 13.2 Å². The van der Waals surface area contributed by atoms with Crippen LogP contribution in [0.4, 0.5) is 8.78 Å². The highest BCUT2D eigenvalue weighted by atomic mass is 19.1. The summed E-state index contributed by atoms with van der Waals surface area (Å²) in [7, 11) is 1.37. The average Bonchev–Trinajstić information content (AvgIpc) is 3.15. The van der Waals surface area contributed by atoms with Crippen molar-refractivity contribution in [2.45, 2.75) is 38.2 Å². The zero-order chi connectivity index (χ0) is 22.5. The monoisotopic (exact) mass is 441 g/mol. The predicted molar refractivity (Wildman–Crippen MR) is 120 cm³/mol. The Balaban J connectivity index is 1.58. The van der Waals surface area contributed by atoms with E-state index >= 15 is 0 Å². The fourth-order valence-corrected chi connectivity index (χ4v) is 4.57. The van der Waals surface area contributed by atoms with Gasteiger partial charge in [0, 0.05) is 25.2 Å². The van der Waals surface area contributed by atoms with E-state index in [1.54, 1.807) is 18.2 Å². The molecule has 1 aliphatic carbocycles. The minimum Gasteiger partial charge on any atom is -0.489 e. The maximum absolute atomic E-state index is 14.9. The van der Waals surface area contributed by atoms with Crippen molar-refractivity contribution in [3.8, 4) is 5.75 Å². The predicted octanol–water partition coefficient (Wildman–Crippen LogP) is 5.19. The van der Waals surface area contributed by atoms with Gasteiger partial charge < -0.3 is 9.47 Å². The fourth-order valence-electron chi connectivity index (χ4n) is 4.57. The Hall–Kier alpha value is -2.73. The highest BCUT2D eigenvalue weighted by molar-refractivity contribution is 5.91. The van der Waals surface area contributed by atoms with E-state index < -0.39 is 0 Å². The zero-order valence-corrected chi connectivity index (χ0v) is 18.4. The number of carbonyl (C=O) groups is 1. The lowest BCUT2D eigenvalue weighted by atomic mass is 9.92. The zero-order valence-electron chi connectivity index (χ0n) is 18.4. The van der Waals surface area contributed by atoms with Crippen molar-refractivity contribution in [1.29, 1.82) is 0 Å². The molecule has 0 aromatic heterocycles. The van der Waals surface area contributed by atoms with Gasteiger partial charge in [0.25, 0.3) is 0 Å². The molecule has 1 saturated heterocycles. The van der Waals surface area contributed by atoms with E-state index in [-0.39, 0.29) is 24.6 Å². The molecule has 0 unspecified atom stereocenters.